The van der Waals surface area contributed by atoms with Crippen molar-refractivity contribution in [2.24, 2.45) is 0 Å². The number of nitrogens with one attached hydrogen (secondary N) is 1. The highest BCUT2D eigenvalue weighted by molar-refractivity contribution is 6.03. The number of hydrogen-bond donors (Lipinski definition) is 1. The van der Waals surface area contributed by atoms with Crippen LogP contribution in [0.4, 0.5) is 4.39 Å². The Kier molecular flexibility index (Phi) is 3.16. The summed E-state index contributed by atoms with van der Waals surface area (Å²) in [6.07, 6.45) is 1.48. The Balaban J connectivity index is 1.84. The molecule has 0 bridgehead atoms. The summed E-state index contributed by atoms with van der Waals surface area (Å²) in [4.78, 5) is 12.1. The molecule has 0 saturated carbocycles. The van der Waals surface area contributed by atoms with E-state index in [1.807, 2.05) is 30.3 Å². The highest BCUT2D eigenvalue weighted by Crippen LogP contribution is 2.19. The SMILES string of the molecule is O=C(OCc1ccccc1)c1cc(F)cc2[nH]ncc12. The minimum atomic E-state index is -0.570. The first kappa shape index (κ1) is 12.3. The lowest BCUT2D eigenvalue weighted by molar-refractivity contribution is 0.0474. The van der Waals surface area contributed by atoms with Crippen molar-refractivity contribution in [1.29, 1.82) is 0 Å². The highest BCUT2D eigenvalue weighted by Gasteiger charge is 2.14. The molecule has 0 atom stereocenters. The Bertz CT molecular complexity index is 753. The summed E-state index contributed by atoms with van der Waals surface area (Å²) in [5.74, 6) is -1.08. The van der Waals surface area contributed by atoms with Crippen LogP contribution in [0.15, 0.2) is 48.7 Å². The monoisotopic (exact) mass is 270 g/mol. The molecule has 0 spiro atoms. The number of H-pyrrole nitrogens is 1. The van der Waals surface area contributed by atoms with Crippen molar-refractivity contribution < 1.29 is 13.9 Å². The van der Waals surface area contributed by atoms with Crippen LogP contribution >= 0.6 is 0 Å². The Morgan fingerprint density at radius 3 is 2.85 bits per heavy atom. The normalized spacial score (nSPS) is 10.7. The van der Waals surface area contributed by atoms with Crippen molar-refractivity contribution in [3.05, 3.63) is 65.6 Å². The van der Waals surface area contributed by atoms with E-state index in [0.717, 1.165) is 11.6 Å². The molecule has 0 unspecified atom stereocenters. The molecule has 3 rings (SSSR count). The van der Waals surface area contributed by atoms with Crippen LogP contribution in [0.3, 0.4) is 0 Å². The fourth-order valence-electron chi connectivity index (χ4n) is 1.99. The summed E-state index contributed by atoms with van der Waals surface area (Å²) in [7, 11) is 0. The molecule has 0 aliphatic rings. The minimum Gasteiger partial charge on any atom is -0.457 e. The van der Waals surface area contributed by atoms with Crippen LogP contribution in [0.25, 0.3) is 10.9 Å². The molecule has 0 amide bonds. The molecule has 20 heavy (non-hydrogen) atoms. The van der Waals surface area contributed by atoms with Crippen LogP contribution in [0, 0.1) is 5.82 Å². The van der Waals surface area contributed by atoms with Gasteiger partial charge in [0.15, 0.2) is 0 Å². The van der Waals surface area contributed by atoms with Gasteiger partial charge in [-0.25, -0.2) is 9.18 Å². The number of halogens is 1. The summed E-state index contributed by atoms with van der Waals surface area (Å²) in [5, 5.41) is 6.98. The minimum absolute atomic E-state index is 0.148. The fraction of sp³-hybridized carbons (Fsp3) is 0.0667. The summed E-state index contributed by atoms with van der Waals surface area (Å²) in [6, 6.07) is 11.8. The topological polar surface area (TPSA) is 55.0 Å². The maximum Gasteiger partial charge on any atom is 0.339 e. The zero-order valence-electron chi connectivity index (χ0n) is 10.5. The van der Waals surface area contributed by atoms with Crippen molar-refractivity contribution in [2.75, 3.05) is 0 Å². The molecule has 1 aromatic heterocycles. The van der Waals surface area contributed by atoms with Crippen molar-refractivity contribution >= 4 is 16.9 Å². The van der Waals surface area contributed by atoms with Gasteiger partial charge in [0.05, 0.1) is 17.3 Å². The number of aromatic nitrogens is 2. The number of fused-ring (bicyclic) bond motifs is 1. The third-order valence-electron chi connectivity index (χ3n) is 2.96. The van der Waals surface area contributed by atoms with Crippen LogP contribution in [0.2, 0.25) is 0 Å². The fourth-order valence-corrected chi connectivity index (χ4v) is 1.99. The van der Waals surface area contributed by atoms with Gasteiger partial charge >= 0.3 is 5.97 Å². The van der Waals surface area contributed by atoms with Gasteiger partial charge in [-0.2, -0.15) is 5.10 Å². The lowest BCUT2D eigenvalue weighted by Gasteiger charge is -2.06. The molecule has 4 nitrogen and oxygen atoms in total. The number of benzene rings is 2. The second-order valence-electron chi connectivity index (χ2n) is 4.35. The summed E-state index contributed by atoms with van der Waals surface area (Å²) < 4.78 is 18.6. The average molecular weight is 270 g/mol. The van der Waals surface area contributed by atoms with Crippen LogP contribution in [0.1, 0.15) is 15.9 Å². The molecule has 0 saturated heterocycles. The maximum absolute atomic E-state index is 13.4. The second-order valence-corrected chi connectivity index (χ2v) is 4.35. The van der Waals surface area contributed by atoms with Gasteiger partial charge in [-0.05, 0) is 17.7 Å². The van der Waals surface area contributed by atoms with Gasteiger partial charge in [0.2, 0.25) is 0 Å². The van der Waals surface area contributed by atoms with E-state index >= 15 is 0 Å². The predicted molar refractivity (Wildman–Crippen MR) is 71.6 cm³/mol. The number of ether oxygens (including phenoxy) is 1. The Labute approximate surface area is 114 Å². The lowest BCUT2D eigenvalue weighted by Crippen LogP contribution is -2.06. The zero-order valence-corrected chi connectivity index (χ0v) is 10.5. The van der Waals surface area contributed by atoms with E-state index in [1.54, 1.807) is 0 Å². The van der Waals surface area contributed by atoms with Crippen LogP contribution in [0.5, 0.6) is 0 Å². The molecular weight excluding hydrogens is 259 g/mol. The van der Waals surface area contributed by atoms with Crippen LogP contribution in [-0.2, 0) is 11.3 Å². The largest absolute Gasteiger partial charge is 0.457 e. The molecule has 0 aliphatic carbocycles. The predicted octanol–water partition coefficient (Wildman–Crippen LogP) is 3.06. The van der Waals surface area contributed by atoms with Gasteiger partial charge in [-0.1, -0.05) is 30.3 Å². The molecule has 0 fully saturated rings. The number of carbonyl (C=O) groups excluding carboxylic acids is 1. The van der Waals surface area contributed by atoms with Gasteiger partial charge in [0.25, 0.3) is 0 Å². The second kappa shape index (κ2) is 5.13. The van der Waals surface area contributed by atoms with E-state index in [1.165, 1.54) is 12.3 Å². The molecule has 2 aromatic carbocycles. The lowest BCUT2D eigenvalue weighted by atomic mass is 10.1. The Morgan fingerprint density at radius 1 is 1.25 bits per heavy atom. The van der Waals surface area contributed by atoms with E-state index < -0.39 is 11.8 Å². The number of aromatic amines is 1. The first-order chi connectivity index (χ1) is 9.74. The first-order valence-corrected chi connectivity index (χ1v) is 6.08. The number of rotatable bonds is 3. The number of carbonyl (C=O) groups is 1. The van der Waals surface area contributed by atoms with Gasteiger partial charge in [-0.15, -0.1) is 0 Å². The summed E-state index contributed by atoms with van der Waals surface area (Å²) in [6.45, 7) is 0.148. The highest BCUT2D eigenvalue weighted by atomic mass is 19.1. The molecular formula is C15H11FN2O2. The smallest absolute Gasteiger partial charge is 0.339 e. The summed E-state index contributed by atoms with van der Waals surface area (Å²) >= 11 is 0. The summed E-state index contributed by atoms with van der Waals surface area (Å²) in [5.41, 5.74) is 1.52. The number of nitrogens with zero attached hydrogens (tertiary/aromatic N) is 1. The van der Waals surface area contributed by atoms with Gasteiger partial charge in [0, 0.05) is 5.39 Å². The van der Waals surface area contributed by atoms with Crippen molar-refractivity contribution in [3.8, 4) is 0 Å². The third kappa shape index (κ3) is 2.38. The van der Waals surface area contributed by atoms with E-state index in [4.69, 9.17) is 4.74 Å². The average Bonchev–Trinajstić information content (AvgIpc) is 2.93. The molecule has 3 aromatic rings. The maximum atomic E-state index is 13.4. The molecule has 0 radical (unpaired) electrons. The number of esters is 1. The zero-order chi connectivity index (χ0) is 13.9. The molecule has 5 heteroatoms. The van der Waals surface area contributed by atoms with E-state index in [9.17, 15) is 9.18 Å². The standard InChI is InChI=1S/C15H11FN2O2/c16-11-6-12(13-8-17-18-14(13)7-11)15(19)20-9-10-4-2-1-3-5-10/h1-8H,9H2,(H,17,18). The van der Waals surface area contributed by atoms with E-state index in [-0.39, 0.29) is 12.2 Å². The first-order valence-electron chi connectivity index (χ1n) is 6.08. The van der Waals surface area contributed by atoms with Gasteiger partial charge in [0.1, 0.15) is 12.4 Å². The number of hydrogen-bond acceptors (Lipinski definition) is 3. The van der Waals surface area contributed by atoms with Gasteiger partial charge in [-0.3, -0.25) is 5.10 Å². The van der Waals surface area contributed by atoms with Crippen molar-refractivity contribution in [1.82, 2.24) is 10.2 Å². The van der Waals surface area contributed by atoms with Crippen molar-refractivity contribution in [3.63, 3.8) is 0 Å². The van der Waals surface area contributed by atoms with Crippen LogP contribution in [-0.4, -0.2) is 16.2 Å². The Hall–Kier alpha value is -2.69. The third-order valence-corrected chi connectivity index (χ3v) is 2.96. The van der Waals surface area contributed by atoms with Crippen LogP contribution < -0.4 is 0 Å². The van der Waals surface area contributed by atoms with Gasteiger partial charge < -0.3 is 4.74 Å². The molecule has 100 valence electrons. The molecule has 0 aliphatic heterocycles. The van der Waals surface area contributed by atoms with Crippen molar-refractivity contribution in [2.45, 2.75) is 6.61 Å². The van der Waals surface area contributed by atoms with E-state index in [0.29, 0.717) is 10.9 Å². The molecule has 1 heterocycles. The quantitative estimate of drug-likeness (QED) is 0.744. The van der Waals surface area contributed by atoms with E-state index in [2.05, 4.69) is 10.2 Å². The molecule has 1 N–H and O–H groups in total. The Morgan fingerprint density at radius 2 is 2.05 bits per heavy atom.